The lowest BCUT2D eigenvalue weighted by Crippen LogP contribution is -2.62. The van der Waals surface area contributed by atoms with Crippen LogP contribution in [0.2, 0.25) is 0 Å². The summed E-state index contributed by atoms with van der Waals surface area (Å²) in [6.07, 6.45) is -15.6. The van der Waals surface area contributed by atoms with Crippen molar-refractivity contribution in [1.82, 2.24) is 10.4 Å². The van der Waals surface area contributed by atoms with Gasteiger partial charge in [-0.05, 0) is 48.2 Å². The van der Waals surface area contributed by atoms with E-state index in [2.05, 4.69) is 4.84 Å². The molecule has 0 spiro atoms. The van der Waals surface area contributed by atoms with Crippen molar-refractivity contribution in [2.75, 3.05) is 13.1 Å². The summed E-state index contributed by atoms with van der Waals surface area (Å²) in [4.78, 5) is 16.8. The standard InChI is InChI=1S/C24H19F10N3O2/c25-20(11-37(12-20)19(35)38)6-5-13-1-3-14(4-2-13)18-10-21(39-36-18,24(32,33)34)15-7-16(22(26,27)28)9-17(8-15)23(29,30)31/h1-4,7-10,36H,5-6,11-12H2,(H2,35,38). The second-order valence-corrected chi connectivity index (χ2v) is 9.33. The number of hydrogen-bond acceptors (Lipinski definition) is 3. The molecular weight excluding hydrogens is 552 g/mol. The van der Waals surface area contributed by atoms with Crippen LogP contribution in [0.4, 0.5) is 48.7 Å². The number of nitrogens with zero attached hydrogens (tertiary/aromatic N) is 1. The van der Waals surface area contributed by atoms with Gasteiger partial charge in [0.1, 0.15) is 5.67 Å². The van der Waals surface area contributed by atoms with E-state index in [4.69, 9.17) is 5.73 Å². The maximum Gasteiger partial charge on any atom is 0.428 e. The lowest BCUT2D eigenvalue weighted by Gasteiger charge is -2.43. The molecule has 2 aliphatic heterocycles. The third kappa shape index (κ3) is 5.63. The number of nitrogens with two attached hydrogens (primary N) is 1. The molecule has 2 aromatic rings. The molecular formula is C24H19F10N3O2. The third-order valence-electron chi connectivity index (χ3n) is 6.49. The number of aryl methyl sites for hydroxylation is 1. The van der Waals surface area contributed by atoms with Crippen molar-refractivity contribution < 1.29 is 53.5 Å². The minimum atomic E-state index is -5.47. The molecule has 39 heavy (non-hydrogen) atoms. The second-order valence-electron chi connectivity index (χ2n) is 9.33. The van der Waals surface area contributed by atoms with E-state index in [1.807, 2.05) is 5.48 Å². The topological polar surface area (TPSA) is 67.6 Å². The lowest BCUT2D eigenvalue weighted by molar-refractivity contribution is -0.269. The number of hydroxylamine groups is 1. The van der Waals surface area contributed by atoms with E-state index in [9.17, 15) is 48.7 Å². The van der Waals surface area contributed by atoms with Crippen LogP contribution in [-0.4, -0.2) is 35.9 Å². The zero-order chi connectivity index (χ0) is 29.0. The van der Waals surface area contributed by atoms with Gasteiger partial charge in [-0.1, -0.05) is 24.3 Å². The van der Waals surface area contributed by atoms with Gasteiger partial charge in [0, 0.05) is 5.56 Å². The SMILES string of the molecule is NC(=O)N1CC(F)(CCc2ccc(C3=CC(c4cc(C(F)(F)F)cc(C(F)(F)F)c4)(C(F)(F)F)ON3)cc2)C1. The van der Waals surface area contributed by atoms with Gasteiger partial charge in [0.2, 0.25) is 5.60 Å². The molecule has 0 radical (unpaired) electrons. The number of urea groups is 1. The number of nitrogens with one attached hydrogen (secondary N) is 1. The molecule has 212 valence electrons. The van der Waals surface area contributed by atoms with E-state index < -0.39 is 52.5 Å². The van der Waals surface area contributed by atoms with Gasteiger partial charge >= 0.3 is 24.6 Å². The number of rotatable bonds is 5. The van der Waals surface area contributed by atoms with Gasteiger partial charge in [0.25, 0.3) is 0 Å². The molecule has 1 atom stereocenters. The highest BCUT2D eigenvalue weighted by Crippen LogP contribution is 2.49. The summed E-state index contributed by atoms with van der Waals surface area (Å²) < 4.78 is 137. The first kappa shape index (κ1) is 28.5. The second kappa shape index (κ2) is 9.31. The molecule has 0 bridgehead atoms. The van der Waals surface area contributed by atoms with Crippen LogP contribution in [0.3, 0.4) is 0 Å². The minimum Gasteiger partial charge on any atom is -0.351 e. The maximum atomic E-state index is 14.6. The molecule has 1 fully saturated rings. The number of carbonyl (C=O) groups excluding carboxylic acids is 1. The minimum absolute atomic E-state index is 0.0362. The molecule has 2 aromatic carbocycles. The van der Waals surface area contributed by atoms with Gasteiger partial charge in [-0.3, -0.25) is 10.3 Å². The Morgan fingerprint density at radius 1 is 0.923 bits per heavy atom. The Morgan fingerprint density at radius 3 is 1.92 bits per heavy atom. The number of carbonyl (C=O) groups is 1. The predicted molar refractivity (Wildman–Crippen MR) is 116 cm³/mol. The summed E-state index contributed by atoms with van der Waals surface area (Å²) in [6.45, 7) is -0.334. The van der Waals surface area contributed by atoms with Gasteiger partial charge in [0.15, 0.2) is 0 Å². The number of likely N-dealkylation sites (tertiary alicyclic amines) is 1. The normalized spacial score (nSPS) is 21.3. The van der Waals surface area contributed by atoms with E-state index in [1.165, 1.54) is 24.3 Å². The number of primary amides is 1. The van der Waals surface area contributed by atoms with Gasteiger partial charge in [-0.25, -0.2) is 9.18 Å². The molecule has 0 aromatic heterocycles. The van der Waals surface area contributed by atoms with Crippen molar-refractivity contribution >= 4 is 11.7 Å². The highest BCUT2D eigenvalue weighted by Gasteiger charge is 2.60. The summed E-state index contributed by atoms with van der Waals surface area (Å²) in [6, 6.07) is 4.48. The average molecular weight is 571 g/mol. The van der Waals surface area contributed by atoms with Crippen LogP contribution in [0.15, 0.2) is 48.5 Å². The van der Waals surface area contributed by atoms with Crippen LogP contribution < -0.4 is 11.2 Å². The molecule has 2 amide bonds. The molecule has 1 saturated heterocycles. The van der Waals surface area contributed by atoms with E-state index in [0.29, 0.717) is 11.6 Å². The highest BCUT2D eigenvalue weighted by molar-refractivity contribution is 5.73. The molecule has 15 heteroatoms. The molecule has 2 aliphatic rings. The van der Waals surface area contributed by atoms with Gasteiger partial charge in [0.05, 0.1) is 29.9 Å². The largest absolute Gasteiger partial charge is 0.428 e. The summed E-state index contributed by atoms with van der Waals surface area (Å²) in [5.41, 5.74) is -3.25. The lowest BCUT2D eigenvalue weighted by atomic mass is 9.88. The zero-order valence-electron chi connectivity index (χ0n) is 19.6. The van der Waals surface area contributed by atoms with Crippen molar-refractivity contribution in [3.05, 3.63) is 76.4 Å². The highest BCUT2D eigenvalue weighted by atomic mass is 19.4. The molecule has 0 aliphatic carbocycles. The Balaban J connectivity index is 1.62. The van der Waals surface area contributed by atoms with Gasteiger partial charge < -0.3 is 10.6 Å². The number of amides is 2. The fraction of sp³-hybridized carbons (Fsp3) is 0.375. The molecule has 2 heterocycles. The van der Waals surface area contributed by atoms with Crippen molar-refractivity contribution in [2.45, 2.75) is 42.6 Å². The molecule has 5 nitrogen and oxygen atoms in total. The van der Waals surface area contributed by atoms with Crippen LogP contribution in [0, 0.1) is 0 Å². The Kier molecular flexibility index (Phi) is 6.81. The van der Waals surface area contributed by atoms with Crippen LogP contribution in [0.25, 0.3) is 5.70 Å². The smallest absolute Gasteiger partial charge is 0.351 e. The number of hydrogen-bond donors (Lipinski definition) is 2. The van der Waals surface area contributed by atoms with Gasteiger partial charge in [-0.2, -0.15) is 39.5 Å². The zero-order valence-corrected chi connectivity index (χ0v) is 19.6. The molecule has 4 rings (SSSR count). The summed E-state index contributed by atoms with van der Waals surface area (Å²) in [7, 11) is 0. The Morgan fingerprint density at radius 2 is 1.46 bits per heavy atom. The number of alkyl halides is 10. The summed E-state index contributed by atoms with van der Waals surface area (Å²) in [5.74, 6) is 0. The number of benzene rings is 2. The van der Waals surface area contributed by atoms with Crippen LogP contribution in [0.5, 0.6) is 0 Å². The van der Waals surface area contributed by atoms with E-state index >= 15 is 0 Å². The quantitative estimate of drug-likeness (QED) is 0.427. The van der Waals surface area contributed by atoms with Crippen molar-refractivity contribution in [2.24, 2.45) is 5.73 Å². The van der Waals surface area contributed by atoms with E-state index in [-0.39, 0.29) is 55.4 Å². The predicted octanol–water partition coefficient (Wildman–Crippen LogP) is 6.09. The Hall–Kier alpha value is -3.49. The fourth-order valence-corrected chi connectivity index (χ4v) is 4.33. The van der Waals surface area contributed by atoms with Crippen LogP contribution >= 0.6 is 0 Å². The van der Waals surface area contributed by atoms with Crippen molar-refractivity contribution in [3.8, 4) is 0 Å². The van der Waals surface area contributed by atoms with Crippen LogP contribution in [-0.2, 0) is 29.2 Å². The maximum absolute atomic E-state index is 14.6. The fourth-order valence-electron chi connectivity index (χ4n) is 4.33. The van der Waals surface area contributed by atoms with Crippen LogP contribution in [0.1, 0.15) is 34.2 Å². The molecule has 3 N–H and O–H groups in total. The van der Waals surface area contributed by atoms with Crippen molar-refractivity contribution in [3.63, 3.8) is 0 Å². The number of halogens is 10. The first-order valence-corrected chi connectivity index (χ1v) is 11.2. The van der Waals surface area contributed by atoms with Gasteiger partial charge in [-0.15, -0.1) is 0 Å². The monoisotopic (exact) mass is 571 g/mol. The summed E-state index contributed by atoms with van der Waals surface area (Å²) in [5, 5.41) is 0. The third-order valence-corrected chi connectivity index (χ3v) is 6.49. The molecule has 0 saturated carbocycles. The first-order valence-electron chi connectivity index (χ1n) is 11.2. The van der Waals surface area contributed by atoms with Crippen molar-refractivity contribution in [1.29, 1.82) is 0 Å². The summed E-state index contributed by atoms with van der Waals surface area (Å²) >= 11 is 0. The first-order chi connectivity index (χ1) is 17.8. The average Bonchev–Trinajstić information content (AvgIpc) is 3.27. The van der Waals surface area contributed by atoms with E-state index in [1.54, 1.807) is 0 Å². The Bertz CT molecular complexity index is 1250. The van der Waals surface area contributed by atoms with E-state index in [0.717, 1.165) is 4.90 Å². The molecule has 1 unspecified atom stereocenters. The Labute approximate surface area is 214 Å².